The van der Waals surface area contributed by atoms with Gasteiger partial charge in [-0.25, -0.2) is 8.78 Å². The number of carbonyl (C=O) groups excluding carboxylic acids is 2. The molecule has 1 unspecified atom stereocenters. The Balaban J connectivity index is 1.95. The highest BCUT2D eigenvalue weighted by molar-refractivity contribution is 6.51. The molecule has 1 aliphatic heterocycles. The van der Waals surface area contributed by atoms with Crippen molar-refractivity contribution >= 4 is 34.7 Å². The van der Waals surface area contributed by atoms with E-state index in [-0.39, 0.29) is 22.6 Å². The number of rotatable bonds is 3. The van der Waals surface area contributed by atoms with Crippen LogP contribution in [-0.4, -0.2) is 16.8 Å². The summed E-state index contributed by atoms with van der Waals surface area (Å²) in [6, 6.07) is 11.0. The maximum atomic E-state index is 13.9. The molecule has 0 bridgehead atoms. The van der Waals surface area contributed by atoms with Crippen LogP contribution in [0.3, 0.4) is 0 Å². The molecule has 1 amide bonds. The molecular weight excluding hydrogens is 416 g/mol. The maximum absolute atomic E-state index is 13.9. The van der Waals surface area contributed by atoms with Gasteiger partial charge in [-0.2, -0.15) is 0 Å². The molecule has 1 atom stereocenters. The Labute approximate surface area is 174 Å². The first-order valence-electron chi connectivity index (χ1n) is 8.86. The lowest BCUT2D eigenvalue weighted by molar-refractivity contribution is -0.132. The minimum Gasteiger partial charge on any atom is -0.507 e. The van der Waals surface area contributed by atoms with E-state index in [0.717, 1.165) is 17.0 Å². The summed E-state index contributed by atoms with van der Waals surface area (Å²) in [6.45, 7) is 1.67. The Morgan fingerprint density at radius 1 is 1.07 bits per heavy atom. The lowest BCUT2D eigenvalue weighted by atomic mass is 9.99. The van der Waals surface area contributed by atoms with Crippen LogP contribution in [0.1, 0.15) is 23.1 Å². The minimum atomic E-state index is -1.18. The van der Waals surface area contributed by atoms with Gasteiger partial charge < -0.3 is 9.52 Å². The van der Waals surface area contributed by atoms with Crippen molar-refractivity contribution in [2.75, 3.05) is 4.90 Å². The second-order valence-corrected chi connectivity index (χ2v) is 7.16. The van der Waals surface area contributed by atoms with Gasteiger partial charge in [0.2, 0.25) is 0 Å². The number of hydrogen-bond donors (Lipinski definition) is 1. The highest BCUT2D eigenvalue weighted by atomic mass is 35.5. The van der Waals surface area contributed by atoms with Crippen molar-refractivity contribution in [3.63, 3.8) is 0 Å². The number of halogens is 3. The molecule has 30 heavy (non-hydrogen) atoms. The van der Waals surface area contributed by atoms with Crippen LogP contribution in [0.25, 0.3) is 5.76 Å². The number of anilines is 1. The highest BCUT2D eigenvalue weighted by Gasteiger charge is 2.48. The molecule has 4 rings (SSSR count). The van der Waals surface area contributed by atoms with Crippen molar-refractivity contribution in [1.29, 1.82) is 0 Å². The summed E-state index contributed by atoms with van der Waals surface area (Å²) >= 11 is 5.98. The molecular formula is C22H14ClF2NO4. The number of furan rings is 1. The fourth-order valence-electron chi connectivity index (χ4n) is 3.39. The van der Waals surface area contributed by atoms with Crippen molar-refractivity contribution in [3.05, 3.63) is 93.9 Å². The molecule has 2 aromatic carbocycles. The summed E-state index contributed by atoms with van der Waals surface area (Å²) in [5.41, 5.74) is -0.0828. The zero-order valence-electron chi connectivity index (χ0n) is 15.5. The molecule has 1 aliphatic rings. The van der Waals surface area contributed by atoms with Crippen molar-refractivity contribution in [2.45, 2.75) is 13.0 Å². The molecule has 1 aromatic heterocycles. The lowest BCUT2D eigenvalue weighted by Crippen LogP contribution is -2.29. The molecule has 5 nitrogen and oxygen atoms in total. The minimum absolute atomic E-state index is 0.0554. The van der Waals surface area contributed by atoms with Gasteiger partial charge in [0.05, 0.1) is 5.57 Å². The van der Waals surface area contributed by atoms with Crippen molar-refractivity contribution < 1.29 is 27.9 Å². The van der Waals surface area contributed by atoms with Crippen molar-refractivity contribution in [2.24, 2.45) is 0 Å². The highest BCUT2D eigenvalue weighted by Crippen LogP contribution is 2.43. The second kappa shape index (κ2) is 7.42. The van der Waals surface area contributed by atoms with Crippen LogP contribution in [0.15, 0.2) is 64.6 Å². The zero-order valence-corrected chi connectivity index (χ0v) is 16.3. The molecule has 8 heteroatoms. The number of hydrogen-bond acceptors (Lipinski definition) is 4. The largest absolute Gasteiger partial charge is 0.507 e. The van der Waals surface area contributed by atoms with Crippen LogP contribution >= 0.6 is 11.6 Å². The number of nitrogens with zero attached hydrogens (tertiary/aromatic N) is 1. The summed E-state index contributed by atoms with van der Waals surface area (Å²) < 4.78 is 32.9. The first-order chi connectivity index (χ1) is 14.3. The smallest absolute Gasteiger partial charge is 0.300 e. The average Bonchev–Trinajstić information content (AvgIpc) is 3.25. The van der Waals surface area contributed by atoms with E-state index < -0.39 is 35.1 Å². The Morgan fingerprint density at radius 2 is 1.83 bits per heavy atom. The number of carbonyl (C=O) groups is 2. The number of ketones is 1. The van der Waals surface area contributed by atoms with Crippen LogP contribution in [-0.2, 0) is 9.59 Å². The van der Waals surface area contributed by atoms with E-state index in [1.54, 1.807) is 31.2 Å². The molecule has 0 aliphatic carbocycles. The van der Waals surface area contributed by atoms with E-state index in [0.29, 0.717) is 10.8 Å². The second-order valence-electron chi connectivity index (χ2n) is 6.73. The van der Waals surface area contributed by atoms with Gasteiger partial charge >= 0.3 is 0 Å². The fraction of sp³-hybridized carbons (Fsp3) is 0.0909. The summed E-state index contributed by atoms with van der Waals surface area (Å²) in [7, 11) is 0. The van der Waals surface area contributed by atoms with Gasteiger partial charge in [-0.1, -0.05) is 23.7 Å². The molecule has 152 valence electrons. The van der Waals surface area contributed by atoms with Crippen LogP contribution in [0.4, 0.5) is 14.5 Å². The number of benzene rings is 2. The lowest BCUT2D eigenvalue weighted by Gasteiger charge is -2.23. The van der Waals surface area contributed by atoms with Crippen LogP contribution in [0.2, 0.25) is 5.02 Å². The Kier molecular flexibility index (Phi) is 4.91. The van der Waals surface area contributed by atoms with Gasteiger partial charge in [-0.3, -0.25) is 14.5 Å². The molecule has 1 fully saturated rings. The van der Waals surface area contributed by atoms with Gasteiger partial charge in [0.15, 0.2) is 11.6 Å². The predicted molar refractivity (Wildman–Crippen MR) is 106 cm³/mol. The Morgan fingerprint density at radius 3 is 2.47 bits per heavy atom. The van der Waals surface area contributed by atoms with Gasteiger partial charge in [-0.05, 0) is 43.3 Å². The van der Waals surface area contributed by atoms with E-state index in [1.165, 1.54) is 18.2 Å². The monoisotopic (exact) mass is 429 g/mol. The van der Waals surface area contributed by atoms with E-state index in [9.17, 15) is 23.5 Å². The van der Waals surface area contributed by atoms with E-state index in [2.05, 4.69) is 0 Å². The third-order valence-electron chi connectivity index (χ3n) is 4.75. The van der Waals surface area contributed by atoms with E-state index in [1.807, 2.05) is 0 Å². The molecule has 1 saturated heterocycles. The summed E-state index contributed by atoms with van der Waals surface area (Å²) in [5.74, 6) is -4.05. The number of amides is 1. The van der Waals surface area contributed by atoms with Gasteiger partial charge in [0, 0.05) is 22.3 Å². The molecule has 0 spiro atoms. The fourth-order valence-corrected chi connectivity index (χ4v) is 3.58. The predicted octanol–water partition coefficient (Wildman–Crippen LogP) is 5.15. The summed E-state index contributed by atoms with van der Waals surface area (Å²) in [5, 5.41) is 11.2. The Bertz CT molecular complexity index is 1220. The normalized spacial score (nSPS) is 18.3. The number of aliphatic hydroxyl groups excluding tert-OH is 1. The molecule has 3 aromatic rings. The SMILES string of the molecule is Cc1ccc(C2/C(=C(/O)c3cccc(Cl)c3)C(=O)C(=O)N2c2ccc(F)c(F)c2)o1. The number of Topliss-reactive ketones (excluding diaryl/α,β-unsaturated/α-hetero) is 1. The van der Waals surface area contributed by atoms with Crippen LogP contribution in [0, 0.1) is 18.6 Å². The Hall–Kier alpha value is -3.45. The van der Waals surface area contributed by atoms with Crippen molar-refractivity contribution in [1.82, 2.24) is 0 Å². The van der Waals surface area contributed by atoms with Gasteiger partial charge in [-0.15, -0.1) is 0 Å². The van der Waals surface area contributed by atoms with Crippen LogP contribution < -0.4 is 4.90 Å². The van der Waals surface area contributed by atoms with E-state index in [4.69, 9.17) is 16.0 Å². The summed E-state index contributed by atoms with van der Waals surface area (Å²) in [6.07, 6.45) is 0. The molecule has 0 saturated carbocycles. The first-order valence-corrected chi connectivity index (χ1v) is 9.24. The molecule has 1 N–H and O–H groups in total. The first kappa shape index (κ1) is 19.8. The van der Waals surface area contributed by atoms with Crippen molar-refractivity contribution in [3.8, 4) is 0 Å². The quantitative estimate of drug-likeness (QED) is 0.355. The third-order valence-corrected chi connectivity index (χ3v) is 4.99. The van der Waals surface area contributed by atoms with Gasteiger partial charge in [0.25, 0.3) is 11.7 Å². The average molecular weight is 430 g/mol. The third kappa shape index (κ3) is 3.27. The molecule has 2 heterocycles. The topological polar surface area (TPSA) is 70.8 Å². The van der Waals surface area contributed by atoms with E-state index >= 15 is 0 Å². The zero-order chi connectivity index (χ0) is 21.6. The number of aliphatic hydroxyl groups is 1. The molecule has 0 radical (unpaired) electrons. The summed E-state index contributed by atoms with van der Waals surface area (Å²) in [4.78, 5) is 26.7. The number of aryl methyl sites for hydroxylation is 1. The van der Waals surface area contributed by atoms with Gasteiger partial charge in [0.1, 0.15) is 23.3 Å². The van der Waals surface area contributed by atoms with Crippen LogP contribution in [0.5, 0.6) is 0 Å². The maximum Gasteiger partial charge on any atom is 0.300 e. The standard InChI is InChI=1S/C22H14ClF2NO4/c1-11-5-8-17(30-11)19-18(20(27)12-3-2-4-13(23)9-12)21(28)22(29)26(19)14-6-7-15(24)16(25)10-14/h2-10,19,27H,1H3/b20-18-.